The van der Waals surface area contributed by atoms with Crippen molar-refractivity contribution in [2.24, 2.45) is 4.99 Å². The quantitative estimate of drug-likeness (QED) is 0.428. The second-order valence-corrected chi connectivity index (χ2v) is 8.55. The van der Waals surface area contributed by atoms with Crippen LogP contribution in [0.3, 0.4) is 0 Å². The van der Waals surface area contributed by atoms with E-state index in [1.165, 1.54) is 58.4 Å². The lowest BCUT2D eigenvalue weighted by Gasteiger charge is -2.16. The van der Waals surface area contributed by atoms with Gasteiger partial charge in [0.1, 0.15) is 0 Å². The van der Waals surface area contributed by atoms with Crippen LogP contribution in [0.5, 0.6) is 0 Å². The molecule has 138 valence electrons. The van der Waals surface area contributed by atoms with Crippen LogP contribution in [-0.2, 0) is 19.3 Å². The summed E-state index contributed by atoms with van der Waals surface area (Å²) in [4.78, 5) is 5.86. The van der Waals surface area contributed by atoms with E-state index >= 15 is 0 Å². The Balaban J connectivity index is 1.58. The topological polar surface area (TPSA) is 12.4 Å². The second-order valence-electron chi connectivity index (χ2n) is 7.64. The molecule has 0 atom stereocenters. The molecule has 0 radical (unpaired) electrons. The van der Waals surface area contributed by atoms with E-state index in [9.17, 15) is 0 Å². The molecule has 0 fully saturated rings. The van der Waals surface area contributed by atoms with Gasteiger partial charge in [0.05, 0.1) is 5.69 Å². The average molecular weight is 374 g/mol. The van der Waals surface area contributed by atoms with Crippen LogP contribution in [0.1, 0.15) is 53.1 Å². The maximum Gasteiger partial charge on any atom is 0.0657 e. The first-order valence-corrected chi connectivity index (χ1v) is 10.8. The molecule has 0 amide bonds. The van der Waals surface area contributed by atoms with Gasteiger partial charge in [-0.05, 0) is 109 Å². The van der Waals surface area contributed by atoms with Gasteiger partial charge in [-0.3, -0.25) is 4.99 Å². The molecule has 1 aromatic heterocycles. The van der Waals surface area contributed by atoms with E-state index in [4.69, 9.17) is 0 Å². The molecule has 0 spiro atoms. The highest BCUT2D eigenvalue weighted by Gasteiger charge is 2.12. The van der Waals surface area contributed by atoms with Crippen LogP contribution >= 0.6 is 11.3 Å². The summed E-state index contributed by atoms with van der Waals surface area (Å²) in [6.45, 7) is 6.31. The van der Waals surface area contributed by atoms with Crippen molar-refractivity contribution in [3.8, 4) is 10.4 Å². The fourth-order valence-corrected chi connectivity index (χ4v) is 4.97. The van der Waals surface area contributed by atoms with Crippen LogP contribution in [0.15, 0.2) is 46.8 Å². The Morgan fingerprint density at radius 3 is 2.59 bits per heavy atom. The smallest absolute Gasteiger partial charge is 0.0657 e. The first-order valence-electron chi connectivity index (χ1n) is 9.92. The van der Waals surface area contributed by atoms with E-state index in [1.807, 2.05) is 24.5 Å². The third kappa shape index (κ3) is 3.91. The van der Waals surface area contributed by atoms with Gasteiger partial charge in [0.2, 0.25) is 0 Å². The summed E-state index contributed by atoms with van der Waals surface area (Å²) < 4.78 is 0. The first kappa shape index (κ1) is 18.2. The molecule has 2 heteroatoms. The summed E-state index contributed by atoms with van der Waals surface area (Å²) in [6, 6.07) is 14.0. The van der Waals surface area contributed by atoms with Crippen molar-refractivity contribution in [2.75, 3.05) is 0 Å². The Labute approximate surface area is 166 Å². The molecule has 0 aliphatic heterocycles. The zero-order valence-corrected chi connectivity index (χ0v) is 17.3. The van der Waals surface area contributed by atoms with Crippen molar-refractivity contribution < 1.29 is 0 Å². The number of nitrogens with zero attached hydrogens (tertiary/aromatic N) is 1. The van der Waals surface area contributed by atoms with E-state index in [-0.39, 0.29) is 0 Å². The molecule has 0 saturated heterocycles. The summed E-state index contributed by atoms with van der Waals surface area (Å²) in [7, 11) is 0. The molecule has 0 bridgehead atoms. The lowest BCUT2D eigenvalue weighted by Crippen LogP contribution is -2.01. The number of rotatable bonds is 4. The number of thiophene rings is 1. The van der Waals surface area contributed by atoms with Crippen LogP contribution in [0.25, 0.3) is 10.4 Å². The number of benzene rings is 2. The number of hydrogen-bond donors (Lipinski definition) is 0. The number of aryl methyl sites for hydroxylation is 4. The summed E-state index contributed by atoms with van der Waals surface area (Å²) >= 11 is 1.87. The molecule has 27 heavy (non-hydrogen) atoms. The molecule has 1 aliphatic rings. The molecule has 3 aromatic rings. The molecule has 1 heterocycles. The third-order valence-electron chi connectivity index (χ3n) is 5.60. The molecule has 1 aliphatic carbocycles. The molecule has 0 saturated carbocycles. The van der Waals surface area contributed by atoms with Gasteiger partial charge in [-0.1, -0.05) is 24.3 Å². The van der Waals surface area contributed by atoms with Gasteiger partial charge < -0.3 is 0 Å². The zero-order chi connectivity index (χ0) is 18.8. The molecule has 0 unspecified atom stereocenters. The average Bonchev–Trinajstić information content (AvgIpc) is 3.14. The van der Waals surface area contributed by atoms with E-state index in [0.29, 0.717) is 0 Å². The fourth-order valence-electron chi connectivity index (χ4n) is 4.06. The molecule has 4 rings (SSSR count). The predicted molar refractivity (Wildman–Crippen MR) is 119 cm³/mol. The minimum Gasteiger partial charge on any atom is -0.261 e. The first-order chi connectivity index (χ1) is 13.1. The fraction of sp³-hybridized carbons (Fsp3) is 0.320. The summed E-state index contributed by atoms with van der Waals surface area (Å²) in [5.41, 5.74) is 11.0. The van der Waals surface area contributed by atoms with E-state index < -0.39 is 0 Å². The van der Waals surface area contributed by atoms with Gasteiger partial charge in [0.15, 0.2) is 0 Å². The molecular weight excluding hydrogens is 346 g/mol. The molecule has 1 nitrogen and oxygen atoms in total. The van der Waals surface area contributed by atoms with Gasteiger partial charge in [-0.2, -0.15) is 0 Å². The largest absolute Gasteiger partial charge is 0.261 e. The van der Waals surface area contributed by atoms with Crippen molar-refractivity contribution in [1.29, 1.82) is 0 Å². The van der Waals surface area contributed by atoms with Gasteiger partial charge in [-0.15, -0.1) is 11.3 Å². The van der Waals surface area contributed by atoms with Gasteiger partial charge in [0.25, 0.3) is 0 Å². The minimum atomic E-state index is 0.990. The van der Waals surface area contributed by atoms with E-state index in [2.05, 4.69) is 60.6 Å². The Morgan fingerprint density at radius 1 is 0.963 bits per heavy atom. The van der Waals surface area contributed by atoms with E-state index in [1.54, 1.807) is 11.1 Å². The standard InChI is InChI=1S/C25H27NS/c1-4-26-24-12-17(2)23(11-18(24)3)13-19-14-25(27-16-19)22-10-9-20-7-5-6-8-21(20)15-22/h4,9-12,14-16H,5-8,13H2,1-3H3. The highest BCUT2D eigenvalue weighted by atomic mass is 32.1. The highest BCUT2D eigenvalue weighted by molar-refractivity contribution is 7.13. The number of hydrogen-bond acceptors (Lipinski definition) is 2. The minimum absolute atomic E-state index is 0.990. The van der Waals surface area contributed by atoms with Crippen LogP contribution in [0.2, 0.25) is 0 Å². The Morgan fingerprint density at radius 2 is 1.78 bits per heavy atom. The van der Waals surface area contributed by atoms with Gasteiger partial charge in [0, 0.05) is 11.1 Å². The van der Waals surface area contributed by atoms with E-state index in [0.717, 1.165) is 12.1 Å². The summed E-state index contributed by atoms with van der Waals surface area (Å²) in [5.74, 6) is 0. The van der Waals surface area contributed by atoms with Crippen LogP contribution in [0.4, 0.5) is 5.69 Å². The molecule has 0 N–H and O–H groups in total. The zero-order valence-electron chi connectivity index (χ0n) is 16.5. The van der Waals surface area contributed by atoms with Crippen molar-refractivity contribution in [1.82, 2.24) is 0 Å². The Kier molecular flexibility index (Phi) is 5.27. The lowest BCUT2D eigenvalue weighted by atomic mass is 9.90. The third-order valence-corrected chi connectivity index (χ3v) is 6.63. The van der Waals surface area contributed by atoms with Crippen molar-refractivity contribution in [3.63, 3.8) is 0 Å². The van der Waals surface area contributed by atoms with Crippen molar-refractivity contribution in [3.05, 3.63) is 75.2 Å². The van der Waals surface area contributed by atoms with Gasteiger partial charge in [-0.25, -0.2) is 0 Å². The van der Waals surface area contributed by atoms with Gasteiger partial charge >= 0.3 is 0 Å². The van der Waals surface area contributed by atoms with Crippen LogP contribution in [0, 0.1) is 13.8 Å². The molecular formula is C25H27NS. The van der Waals surface area contributed by atoms with Crippen LogP contribution < -0.4 is 0 Å². The lowest BCUT2D eigenvalue weighted by molar-refractivity contribution is 0.686. The van der Waals surface area contributed by atoms with Crippen molar-refractivity contribution in [2.45, 2.75) is 52.9 Å². The normalized spacial score (nSPS) is 13.9. The maximum absolute atomic E-state index is 4.47. The predicted octanol–water partition coefficient (Wildman–Crippen LogP) is 7.22. The maximum atomic E-state index is 4.47. The number of aliphatic imine (C=N–C) groups is 1. The Bertz CT molecular complexity index is 994. The number of fused-ring (bicyclic) bond motifs is 1. The van der Waals surface area contributed by atoms with Crippen LogP contribution in [-0.4, -0.2) is 6.21 Å². The monoisotopic (exact) mass is 373 g/mol. The van der Waals surface area contributed by atoms with Crippen molar-refractivity contribution >= 4 is 23.2 Å². The highest BCUT2D eigenvalue weighted by Crippen LogP contribution is 2.33. The summed E-state index contributed by atoms with van der Waals surface area (Å²) in [5, 5.41) is 2.32. The summed E-state index contributed by atoms with van der Waals surface area (Å²) in [6.07, 6.45) is 8.03. The SMILES string of the molecule is CC=Nc1cc(C)c(Cc2csc(-c3ccc4c(c3)CCCC4)c2)cc1C. The second kappa shape index (κ2) is 7.82. The molecule has 2 aromatic carbocycles. The Hall–Kier alpha value is -2.19.